The Balaban J connectivity index is 0.000000671. The maximum Gasteiger partial charge on any atom is -0.0343 e. The first kappa shape index (κ1) is 12.5. The van der Waals surface area contributed by atoms with Crippen LogP contribution in [-0.4, -0.2) is 0 Å². The summed E-state index contributed by atoms with van der Waals surface area (Å²) in [5.74, 6) is 0. The Morgan fingerprint density at radius 3 is 1.62 bits per heavy atom. The molecule has 0 saturated carbocycles. The van der Waals surface area contributed by atoms with E-state index in [2.05, 4.69) is 38.2 Å². The largest absolute Gasteiger partial charge is 0.0845 e. The van der Waals surface area contributed by atoms with Crippen LogP contribution in [0.15, 0.2) is 24.3 Å². The maximum atomic E-state index is 2.36. The summed E-state index contributed by atoms with van der Waals surface area (Å²) in [5, 5.41) is 0. The van der Waals surface area contributed by atoms with Gasteiger partial charge in [-0.1, -0.05) is 52.0 Å². The first-order chi connectivity index (χ1) is 6.21. The Kier molecular flexibility index (Phi) is 6.66. The summed E-state index contributed by atoms with van der Waals surface area (Å²) in [6, 6.07) is 0. The van der Waals surface area contributed by atoms with Crippen molar-refractivity contribution in [3.05, 3.63) is 24.3 Å². The topological polar surface area (TPSA) is 0 Å². The molecule has 0 unspecified atom stereocenters. The van der Waals surface area contributed by atoms with Gasteiger partial charge in [0.15, 0.2) is 0 Å². The van der Waals surface area contributed by atoms with Crippen molar-refractivity contribution in [3.63, 3.8) is 0 Å². The zero-order chi connectivity index (χ0) is 10.2. The van der Waals surface area contributed by atoms with Gasteiger partial charge >= 0.3 is 0 Å². The molecule has 0 heterocycles. The highest BCUT2D eigenvalue weighted by Crippen LogP contribution is 2.29. The highest BCUT2D eigenvalue weighted by Gasteiger charge is 2.15. The molecule has 0 aromatic heterocycles. The third kappa shape index (κ3) is 6.62. The molecule has 0 spiro atoms. The summed E-state index contributed by atoms with van der Waals surface area (Å²) in [6.45, 7) is 8.72. The van der Waals surface area contributed by atoms with Crippen LogP contribution in [0.5, 0.6) is 0 Å². The van der Waals surface area contributed by atoms with E-state index >= 15 is 0 Å². The quantitative estimate of drug-likeness (QED) is 0.506. The number of allylic oxidation sites excluding steroid dienone is 4. The van der Waals surface area contributed by atoms with Crippen molar-refractivity contribution in [2.45, 2.75) is 53.4 Å². The van der Waals surface area contributed by atoms with Crippen molar-refractivity contribution >= 4 is 0 Å². The van der Waals surface area contributed by atoms with Gasteiger partial charge in [0.2, 0.25) is 0 Å². The van der Waals surface area contributed by atoms with E-state index in [1.807, 2.05) is 13.8 Å². The molecule has 0 fully saturated rings. The third-order valence-electron chi connectivity index (χ3n) is 2.36. The molecule has 0 aliphatic heterocycles. The van der Waals surface area contributed by atoms with Gasteiger partial charge in [0, 0.05) is 0 Å². The molecule has 1 aliphatic carbocycles. The third-order valence-corrected chi connectivity index (χ3v) is 2.36. The van der Waals surface area contributed by atoms with Gasteiger partial charge < -0.3 is 0 Å². The van der Waals surface area contributed by atoms with Gasteiger partial charge in [-0.2, -0.15) is 0 Å². The van der Waals surface area contributed by atoms with E-state index in [9.17, 15) is 0 Å². The van der Waals surface area contributed by atoms with E-state index < -0.39 is 0 Å². The molecule has 0 radical (unpaired) electrons. The van der Waals surface area contributed by atoms with Crippen LogP contribution in [0.3, 0.4) is 0 Å². The molecule has 0 N–H and O–H groups in total. The van der Waals surface area contributed by atoms with Crippen LogP contribution in [0.2, 0.25) is 0 Å². The van der Waals surface area contributed by atoms with Gasteiger partial charge in [0.25, 0.3) is 0 Å². The smallest absolute Gasteiger partial charge is 0.0343 e. The van der Waals surface area contributed by atoms with Crippen LogP contribution in [0.25, 0.3) is 0 Å². The van der Waals surface area contributed by atoms with Crippen LogP contribution >= 0.6 is 0 Å². The molecule has 1 rings (SSSR count). The van der Waals surface area contributed by atoms with Crippen LogP contribution < -0.4 is 0 Å². The fourth-order valence-corrected chi connectivity index (χ4v) is 1.42. The summed E-state index contributed by atoms with van der Waals surface area (Å²) in [4.78, 5) is 0. The van der Waals surface area contributed by atoms with Crippen molar-refractivity contribution in [2.75, 3.05) is 0 Å². The zero-order valence-electron chi connectivity index (χ0n) is 9.64. The molecule has 0 saturated heterocycles. The first-order valence-electron chi connectivity index (χ1n) is 5.52. The molecule has 0 amide bonds. The normalized spacial score (nSPS) is 25.5. The Morgan fingerprint density at radius 1 is 0.846 bits per heavy atom. The minimum absolute atomic E-state index is 0.541. The molecular weight excluding hydrogens is 156 g/mol. The average molecular weight is 180 g/mol. The lowest BCUT2D eigenvalue weighted by molar-refractivity contribution is 0.313. The van der Waals surface area contributed by atoms with Gasteiger partial charge in [0.05, 0.1) is 0 Å². The Bertz CT molecular complexity index is 143. The molecule has 13 heavy (non-hydrogen) atoms. The highest BCUT2D eigenvalue weighted by molar-refractivity contribution is 5.03. The summed E-state index contributed by atoms with van der Waals surface area (Å²) >= 11 is 0. The van der Waals surface area contributed by atoms with E-state index in [1.54, 1.807) is 0 Å². The minimum Gasteiger partial charge on any atom is -0.0845 e. The maximum absolute atomic E-state index is 2.36. The lowest BCUT2D eigenvalue weighted by Gasteiger charge is -2.22. The molecule has 0 nitrogen and oxygen atoms in total. The summed E-state index contributed by atoms with van der Waals surface area (Å²) in [5.41, 5.74) is 0.541. The lowest BCUT2D eigenvalue weighted by Crippen LogP contribution is -2.09. The van der Waals surface area contributed by atoms with Crippen LogP contribution in [0.4, 0.5) is 0 Å². The van der Waals surface area contributed by atoms with E-state index in [-0.39, 0.29) is 0 Å². The molecule has 1 aliphatic rings. The van der Waals surface area contributed by atoms with Crippen LogP contribution in [-0.2, 0) is 0 Å². The van der Waals surface area contributed by atoms with E-state index in [0.29, 0.717) is 5.41 Å². The second-order valence-electron chi connectivity index (χ2n) is 4.10. The summed E-state index contributed by atoms with van der Waals surface area (Å²) in [6.07, 6.45) is 14.0. The average Bonchev–Trinajstić information content (AvgIpc) is 2.20. The van der Waals surface area contributed by atoms with Crippen molar-refractivity contribution in [1.29, 1.82) is 0 Å². The van der Waals surface area contributed by atoms with E-state index in [0.717, 1.165) is 0 Å². The Labute approximate surface area is 83.7 Å². The standard InChI is InChI=1S/C11H18.C2H6/c1-11(2)9-7-5-3-4-6-8-10-11;1-2/h3-6H,7-10H2,1-2H3;1-2H3/b5-3-,6-4-;. The highest BCUT2D eigenvalue weighted by atomic mass is 14.2. The second kappa shape index (κ2) is 6.94. The Hall–Kier alpha value is -0.520. The molecule has 0 bridgehead atoms. The van der Waals surface area contributed by atoms with Gasteiger partial charge in [0.1, 0.15) is 0 Å². The first-order valence-corrected chi connectivity index (χ1v) is 5.52. The number of rotatable bonds is 0. The SMILES string of the molecule is CC.CC1(C)CC/C=C\C=C/CC1. The van der Waals surface area contributed by atoms with Crippen molar-refractivity contribution in [1.82, 2.24) is 0 Å². The van der Waals surface area contributed by atoms with Crippen molar-refractivity contribution < 1.29 is 0 Å². The van der Waals surface area contributed by atoms with Gasteiger partial charge in [-0.15, -0.1) is 0 Å². The van der Waals surface area contributed by atoms with E-state index in [4.69, 9.17) is 0 Å². The molecule has 0 atom stereocenters. The summed E-state index contributed by atoms with van der Waals surface area (Å²) < 4.78 is 0. The van der Waals surface area contributed by atoms with Gasteiger partial charge in [-0.3, -0.25) is 0 Å². The fraction of sp³-hybridized carbons (Fsp3) is 0.692. The molecule has 0 aromatic rings. The van der Waals surface area contributed by atoms with E-state index in [1.165, 1.54) is 25.7 Å². The predicted molar refractivity (Wildman–Crippen MR) is 61.9 cm³/mol. The van der Waals surface area contributed by atoms with Crippen molar-refractivity contribution in [2.24, 2.45) is 5.41 Å². The van der Waals surface area contributed by atoms with Crippen LogP contribution in [0, 0.1) is 5.41 Å². The van der Waals surface area contributed by atoms with Gasteiger partial charge in [-0.05, 0) is 31.1 Å². The van der Waals surface area contributed by atoms with Crippen molar-refractivity contribution in [3.8, 4) is 0 Å². The monoisotopic (exact) mass is 180 g/mol. The molecule has 76 valence electrons. The molecule has 0 heteroatoms. The second-order valence-corrected chi connectivity index (χ2v) is 4.10. The molecular formula is C13H24. The zero-order valence-corrected chi connectivity index (χ0v) is 9.64. The molecule has 0 aromatic carbocycles. The summed E-state index contributed by atoms with van der Waals surface area (Å²) in [7, 11) is 0. The van der Waals surface area contributed by atoms with Gasteiger partial charge in [-0.25, -0.2) is 0 Å². The Morgan fingerprint density at radius 2 is 1.23 bits per heavy atom. The predicted octanol–water partition coefficient (Wildman–Crippen LogP) is 4.73. The lowest BCUT2D eigenvalue weighted by atomic mass is 9.83. The number of hydrogen-bond acceptors (Lipinski definition) is 0. The minimum atomic E-state index is 0.541. The number of hydrogen-bond donors (Lipinski definition) is 0. The van der Waals surface area contributed by atoms with Crippen LogP contribution in [0.1, 0.15) is 53.4 Å². The fourth-order valence-electron chi connectivity index (χ4n) is 1.42.